The minimum atomic E-state index is -0.599. The Balaban J connectivity index is 1.62. The van der Waals surface area contributed by atoms with Crippen LogP contribution in [0.2, 0.25) is 0 Å². The van der Waals surface area contributed by atoms with Gasteiger partial charge in [0.2, 0.25) is 5.91 Å². The fraction of sp³-hybridized carbons (Fsp3) is 0.842. The molecule has 3 N–H and O–H groups in total. The maximum Gasteiger partial charge on any atom is 0.243 e. The van der Waals surface area contributed by atoms with Gasteiger partial charge in [0.15, 0.2) is 0 Å². The average Bonchev–Trinajstić information content (AvgIpc) is 3.06. The Morgan fingerprint density at radius 1 is 1.32 bits per heavy atom. The van der Waals surface area contributed by atoms with Gasteiger partial charge in [0.25, 0.3) is 0 Å². The lowest BCUT2D eigenvalue weighted by Gasteiger charge is -2.45. The highest BCUT2D eigenvalue weighted by Gasteiger charge is 2.39. The molecule has 1 saturated carbocycles. The van der Waals surface area contributed by atoms with Crippen LogP contribution in [-0.4, -0.2) is 55.4 Å². The molecule has 2 aliphatic heterocycles. The molecule has 3 fully saturated rings. The molecular formula is C19H33FN4O. The van der Waals surface area contributed by atoms with E-state index in [2.05, 4.69) is 34.6 Å². The second-order valence-electron chi connectivity index (χ2n) is 8.16. The fourth-order valence-corrected chi connectivity index (χ4v) is 4.70. The molecule has 1 amide bonds. The Morgan fingerprint density at radius 2 is 2.08 bits per heavy atom. The van der Waals surface area contributed by atoms with Gasteiger partial charge < -0.3 is 10.6 Å². The van der Waals surface area contributed by atoms with Crippen LogP contribution in [0.25, 0.3) is 0 Å². The number of piperidine rings is 1. The molecule has 0 spiro atoms. The lowest BCUT2D eigenvalue weighted by Crippen LogP contribution is -2.59. The van der Waals surface area contributed by atoms with Crippen LogP contribution in [0.1, 0.15) is 39.0 Å². The van der Waals surface area contributed by atoms with Gasteiger partial charge >= 0.3 is 0 Å². The normalized spacial score (nSPS) is 39.9. The molecule has 3 aliphatic rings. The molecule has 1 aliphatic carbocycles. The zero-order chi connectivity index (χ0) is 17.8. The third kappa shape index (κ3) is 4.80. The minimum absolute atomic E-state index is 0.107. The van der Waals surface area contributed by atoms with E-state index in [1.165, 1.54) is 6.08 Å². The van der Waals surface area contributed by atoms with Crippen LogP contribution < -0.4 is 16.1 Å². The van der Waals surface area contributed by atoms with E-state index in [0.717, 1.165) is 38.9 Å². The monoisotopic (exact) mass is 352 g/mol. The van der Waals surface area contributed by atoms with Gasteiger partial charge in [-0.3, -0.25) is 10.2 Å². The maximum absolute atomic E-state index is 13.5. The first-order valence-electron chi connectivity index (χ1n) is 9.84. The van der Waals surface area contributed by atoms with Crippen molar-refractivity contribution in [2.75, 3.05) is 26.2 Å². The van der Waals surface area contributed by atoms with Crippen molar-refractivity contribution in [3.63, 3.8) is 0 Å². The molecule has 0 aromatic heterocycles. The van der Waals surface area contributed by atoms with Crippen LogP contribution in [0, 0.1) is 17.8 Å². The van der Waals surface area contributed by atoms with E-state index < -0.39 is 6.17 Å². The summed E-state index contributed by atoms with van der Waals surface area (Å²) in [5.74, 6) is 1.50. The van der Waals surface area contributed by atoms with Gasteiger partial charge in [-0.05, 0) is 50.0 Å². The van der Waals surface area contributed by atoms with Crippen molar-refractivity contribution in [3.8, 4) is 0 Å². The number of hydrogen-bond donors (Lipinski definition) is 3. The molecule has 0 bridgehead atoms. The first-order chi connectivity index (χ1) is 12.1. The van der Waals surface area contributed by atoms with Gasteiger partial charge in [0.1, 0.15) is 6.17 Å². The molecule has 25 heavy (non-hydrogen) atoms. The van der Waals surface area contributed by atoms with E-state index in [1.54, 1.807) is 0 Å². The molecule has 0 aromatic carbocycles. The van der Waals surface area contributed by atoms with Crippen LogP contribution >= 0.6 is 0 Å². The van der Waals surface area contributed by atoms with Crippen LogP contribution in [0.3, 0.4) is 0 Å². The Kier molecular flexibility index (Phi) is 6.47. The number of hydrogen-bond acceptors (Lipinski definition) is 4. The highest BCUT2D eigenvalue weighted by atomic mass is 19.1. The van der Waals surface area contributed by atoms with Gasteiger partial charge in [-0.2, -0.15) is 0 Å². The molecule has 2 heterocycles. The van der Waals surface area contributed by atoms with Crippen molar-refractivity contribution in [2.24, 2.45) is 17.8 Å². The lowest BCUT2D eigenvalue weighted by molar-refractivity contribution is -0.116. The molecule has 5 nitrogen and oxygen atoms in total. The third-order valence-electron chi connectivity index (χ3n) is 6.23. The highest BCUT2D eigenvalue weighted by Crippen LogP contribution is 2.34. The second-order valence-corrected chi connectivity index (χ2v) is 8.16. The summed E-state index contributed by atoms with van der Waals surface area (Å²) in [6.45, 7) is 9.44. The topological polar surface area (TPSA) is 56.4 Å². The predicted octanol–water partition coefficient (Wildman–Crippen LogP) is 1.62. The maximum atomic E-state index is 13.5. The summed E-state index contributed by atoms with van der Waals surface area (Å²) in [5.41, 5.74) is 3.55. The summed E-state index contributed by atoms with van der Waals surface area (Å²) in [6.07, 6.45) is 5.21. The Morgan fingerprint density at radius 3 is 2.72 bits per heavy atom. The quantitative estimate of drug-likeness (QED) is 0.658. The van der Waals surface area contributed by atoms with E-state index in [1.807, 2.05) is 0 Å². The smallest absolute Gasteiger partial charge is 0.243 e. The number of halogens is 1. The van der Waals surface area contributed by atoms with E-state index >= 15 is 0 Å². The summed E-state index contributed by atoms with van der Waals surface area (Å²) >= 11 is 0. The first kappa shape index (κ1) is 18.8. The van der Waals surface area contributed by atoms with Crippen molar-refractivity contribution in [1.29, 1.82) is 0 Å². The van der Waals surface area contributed by atoms with Crippen LogP contribution in [0.4, 0.5) is 4.39 Å². The Bertz CT molecular complexity index is 466. The standard InChI is InChI=1S/C19H33FN4O/c1-3-19(25)22-11-15-10-21-17(14-4-6-16(20)7-5-14)8-18(15)24-12-13(2)9-23-24/h3,13-18,21,23H,1,4-12H2,2H3,(H,22,25). The van der Waals surface area contributed by atoms with Crippen molar-refractivity contribution in [1.82, 2.24) is 21.1 Å². The number of rotatable bonds is 5. The minimum Gasteiger partial charge on any atom is -0.352 e. The summed E-state index contributed by atoms with van der Waals surface area (Å²) in [5, 5.41) is 9.06. The van der Waals surface area contributed by atoms with Gasteiger partial charge in [-0.1, -0.05) is 13.5 Å². The predicted molar refractivity (Wildman–Crippen MR) is 97.6 cm³/mol. The van der Waals surface area contributed by atoms with Gasteiger partial charge in [-0.25, -0.2) is 9.40 Å². The first-order valence-corrected chi connectivity index (χ1v) is 9.84. The fourth-order valence-electron chi connectivity index (χ4n) is 4.70. The summed E-state index contributed by atoms with van der Waals surface area (Å²) < 4.78 is 13.5. The van der Waals surface area contributed by atoms with E-state index in [-0.39, 0.29) is 5.91 Å². The largest absolute Gasteiger partial charge is 0.352 e. The molecule has 2 saturated heterocycles. The number of nitrogens with one attached hydrogen (secondary N) is 3. The molecule has 0 aromatic rings. The number of nitrogens with zero attached hydrogens (tertiary/aromatic N) is 1. The number of carbonyl (C=O) groups is 1. The Labute approximate surface area is 150 Å². The van der Waals surface area contributed by atoms with Crippen molar-refractivity contribution in [3.05, 3.63) is 12.7 Å². The number of carbonyl (C=O) groups excluding carboxylic acids is 1. The SMILES string of the molecule is C=CC(=O)NCC1CNC(C2CCC(F)CC2)CC1N1CC(C)CN1. The van der Waals surface area contributed by atoms with E-state index in [0.29, 0.717) is 49.2 Å². The third-order valence-corrected chi connectivity index (χ3v) is 6.23. The summed E-state index contributed by atoms with van der Waals surface area (Å²) in [6, 6.07) is 0.867. The van der Waals surface area contributed by atoms with Crippen molar-refractivity contribution in [2.45, 2.75) is 57.3 Å². The second kappa shape index (κ2) is 8.60. The van der Waals surface area contributed by atoms with Crippen LogP contribution in [-0.2, 0) is 4.79 Å². The highest BCUT2D eigenvalue weighted by molar-refractivity contribution is 5.86. The number of hydrazine groups is 1. The average molecular weight is 352 g/mol. The van der Waals surface area contributed by atoms with Gasteiger partial charge in [-0.15, -0.1) is 0 Å². The number of amides is 1. The van der Waals surface area contributed by atoms with E-state index in [4.69, 9.17) is 0 Å². The zero-order valence-corrected chi connectivity index (χ0v) is 15.3. The van der Waals surface area contributed by atoms with Gasteiger partial charge in [0.05, 0.1) is 0 Å². The molecule has 0 radical (unpaired) electrons. The van der Waals surface area contributed by atoms with Crippen LogP contribution in [0.15, 0.2) is 12.7 Å². The molecule has 4 atom stereocenters. The molecular weight excluding hydrogens is 319 g/mol. The molecule has 142 valence electrons. The molecule has 6 heteroatoms. The summed E-state index contributed by atoms with van der Waals surface area (Å²) in [7, 11) is 0. The van der Waals surface area contributed by atoms with Crippen molar-refractivity contribution >= 4 is 5.91 Å². The molecule has 3 rings (SSSR count). The Hall–Kier alpha value is -0.980. The zero-order valence-electron chi connectivity index (χ0n) is 15.3. The van der Waals surface area contributed by atoms with Gasteiger partial charge in [0, 0.05) is 44.2 Å². The van der Waals surface area contributed by atoms with Crippen molar-refractivity contribution < 1.29 is 9.18 Å². The number of alkyl halides is 1. The van der Waals surface area contributed by atoms with Crippen LogP contribution in [0.5, 0.6) is 0 Å². The summed E-state index contributed by atoms with van der Waals surface area (Å²) in [4.78, 5) is 11.6. The van der Waals surface area contributed by atoms with E-state index in [9.17, 15) is 9.18 Å². The molecule has 4 unspecified atom stereocenters. The lowest BCUT2D eigenvalue weighted by atomic mass is 9.77.